The largest absolute Gasteiger partial charge is 0.340 e. The number of urea groups is 1. The molecule has 164 valence electrons. The van der Waals surface area contributed by atoms with Crippen molar-refractivity contribution in [2.24, 2.45) is 0 Å². The molecule has 2 heterocycles. The van der Waals surface area contributed by atoms with Gasteiger partial charge in [0.1, 0.15) is 12.1 Å². The molecule has 0 radical (unpaired) electrons. The highest BCUT2D eigenvalue weighted by molar-refractivity contribution is 6.21. The standard InChI is InChI=1S/C22H21N5O5/c1-2-15-21(31)27(22(32)26-15)13-7-5-6-12(10-13)23-18(28)11-17-20(30)24-16-9-4-3-8-14(16)19(29)25-17/h3-10,15,17H,2,11H2,1H3,(H,23,28)(H,24,30)(H,25,29)(H,26,32)/t15?,17-/m0/s1. The van der Waals surface area contributed by atoms with Crippen molar-refractivity contribution in [2.75, 3.05) is 15.5 Å². The van der Waals surface area contributed by atoms with Gasteiger partial charge in [0, 0.05) is 5.69 Å². The average Bonchev–Trinajstić information content (AvgIpc) is 3.00. The quantitative estimate of drug-likeness (QED) is 0.529. The van der Waals surface area contributed by atoms with Crippen LogP contribution in [0.3, 0.4) is 0 Å². The van der Waals surface area contributed by atoms with E-state index in [4.69, 9.17) is 0 Å². The van der Waals surface area contributed by atoms with Crippen molar-refractivity contribution in [1.82, 2.24) is 10.6 Å². The zero-order chi connectivity index (χ0) is 22.8. The number of nitrogens with one attached hydrogen (secondary N) is 4. The van der Waals surface area contributed by atoms with Gasteiger partial charge in [0.2, 0.25) is 11.8 Å². The number of para-hydroxylation sites is 1. The lowest BCUT2D eigenvalue weighted by Gasteiger charge is -2.16. The molecule has 32 heavy (non-hydrogen) atoms. The summed E-state index contributed by atoms with van der Waals surface area (Å²) in [6.07, 6.45) is 0.174. The molecule has 6 amide bonds. The first-order chi connectivity index (χ1) is 15.4. The van der Waals surface area contributed by atoms with Gasteiger partial charge >= 0.3 is 6.03 Å². The Morgan fingerprint density at radius 1 is 1.00 bits per heavy atom. The van der Waals surface area contributed by atoms with Crippen molar-refractivity contribution in [3.05, 3.63) is 54.1 Å². The van der Waals surface area contributed by atoms with Gasteiger partial charge in [-0.25, -0.2) is 9.69 Å². The Kier molecular flexibility index (Phi) is 5.59. The normalized spacial score (nSPS) is 20.1. The third kappa shape index (κ3) is 4.02. The minimum Gasteiger partial charge on any atom is -0.340 e. The van der Waals surface area contributed by atoms with E-state index >= 15 is 0 Å². The molecule has 1 fully saturated rings. The predicted molar refractivity (Wildman–Crippen MR) is 116 cm³/mol. The van der Waals surface area contributed by atoms with Crippen LogP contribution in [0.1, 0.15) is 30.1 Å². The van der Waals surface area contributed by atoms with E-state index in [0.717, 1.165) is 4.90 Å². The minimum absolute atomic E-state index is 0.295. The zero-order valence-electron chi connectivity index (χ0n) is 17.2. The van der Waals surface area contributed by atoms with Gasteiger partial charge in [-0.1, -0.05) is 25.1 Å². The summed E-state index contributed by atoms with van der Waals surface area (Å²) in [5, 5.41) is 10.5. The molecule has 10 heteroatoms. The van der Waals surface area contributed by atoms with Crippen LogP contribution in [0.15, 0.2) is 48.5 Å². The summed E-state index contributed by atoms with van der Waals surface area (Å²) in [5.41, 5.74) is 1.36. The molecule has 0 saturated carbocycles. The van der Waals surface area contributed by atoms with Gasteiger partial charge in [0.15, 0.2) is 0 Å². The molecule has 2 aliphatic rings. The number of hydrogen-bond acceptors (Lipinski definition) is 5. The SMILES string of the molecule is CCC1NC(=O)N(c2cccc(NC(=O)C[C@@H]3NC(=O)c4ccccc4NC3=O)c2)C1=O. The highest BCUT2D eigenvalue weighted by atomic mass is 16.2. The van der Waals surface area contributed by atoms with Crippen molar-refractivity contribution >= 4 is 46.7 Å². The van der Waals surface area contributed by atoms with E-state index < -0.39 is 35.8 Å². The number of hydrogen-bond donors (Lipinski definition) is 4. The smallest absolute Gasteiger partial charge is 0.329 e. The third-order valence-corrected chi connectivity index (χ3v) is 5.26. The van der Waals surface area contributed by atoms with Crippen LogP contribution < -0.4 is 26.2 Å². The lowest BCUT2D eigenvalue weighted by atomic mass is 10.1. The third-order valence-electron chi connectivity index (χ3n) is 5.26. The number of fused-ring (bicyclic) bond motifs is 1. The van der Waals surface area contributed by atoms with Crippen molar-refractivity contribution in [3.8, 4) is 0 Å². The molecule has 0 bridgehead atoms. The lowest BCUT2D eigenvalue weighted by molar-refractivity contribution is -0.122. The van der Waals surface area contributed by atoms with Crippen molar-refractivity contribution in [1.29, 1.82) is 0 Å². The van der Waals surface area contributed by atoms with Crippen LogP contribution in [-0.4, -0.2) is 41.7 Å². The molecule has 2 aromatic carbocycles. The van der Waals surface area contributed by atoms with Crippen molar-refractivity contribution in [2.45, 2.75) is 31.8 Å². The van der Waals surface area contributed by atoms with Crippen molar-refractivity contribution < 1.29 is 24.0 Å². The lowest BCUT2D eigenvalue weighted by Crippen LogP contribution is -2.43. The number of rotatable bonds is 5. The number of amides is 6. The zero-order valence-corrected chi connectivity index (χ0v) is 17.2. The highest BCUT2D eigenvalue weighted by Gasteiger charge is 2.38. The van der Waals surface area contributed by atoms with Crippen LogP contribution in [0, 0.1) is 0 Å². The number of anilines is 3. The second-order valence-electron chi connectivity index (χ2n) is 7.45. The number of imide groups is 1. The summed E-state index contributed by atoms with van der Waals surface area (Å²) in [5.74, 6) is -1.84. The average molecular weight is 435 g/mol. The minimum atomic E-state index is -1.06. The first kappa shape index (κ1) is 21.0. The number of benzene rings is 2. The van der Waals surface area contributed by atoms with Gasteiger partial charge in [-0.2, -0.15) is 0 Å². The summed E-state index contributed by atoms with van der Waals surface area (Å²) in [4.78, 5) is 63.0. The molecule has 0 aliphatic carbocycles. The van der Waals surface area contributed by atoms with Crippen LogP contribution in [-0.2, 0) is 14.4 Å². The summed E-state index contributed by atoms with van der Waals surface area (Å²) in [6.45, 7) is 1.80. The number of carbonyl (C=O) groups is 5. The highest BCUT2D eigenvalue weighted by Crippen LogP contribution is 2.24. The van der Waals surface area contributed by atoms with Crippen LogP contribution in [0.5, 0.6) is 0 Å². The van der Waals surface area contributed by atoms with Crippen LogP contribution in [0.2, 0.25) is 0 Å². The van der Waals surface area contributed by atoms with E-state index in [1.165, 1.54) is 6.07 Å². The first-order valence-electron chi connectivity index (χ1n) is 10.1. The number of carbonyl (C=O) groups excluding carboxylic acids is 5. The van der Waals surface area contributed by atoms with E-state index in [9.17, 15) is 24.0 Å². The van der Waals surface area contributed by atoms with Gasteiger partial charge in [0.25, 0.3) is 11.8 Å². The molecule has 2 aromatic rings. The predicted octanol–water partition coefficient (Wildman–Crippen LogP) is 1.60. The molecular weight excluding hydrogens is 414 g/mol. The molecule has 10 nitrogen and oxygen atoms in total. The van der Waals surface area contributed by atoms with E-state index in [2.05, 4.69) is 21.3 Å². The Balaban J connectivity index is 1.44. The first-order valence-corrected chi connectivity index (χ1v) is 10.1. The number of nitrogens with zero attached hydrogens (tertiary/aromatic N) is 1. The fourth-order valence-corrected chi connectivity index (χ4v) is 3.63. The second-order valence-corrected chi connectivity index (χ2v) is 7.45. The van der Waals surface area contributed by atoms with Crippen molar-refractivity contribution in [3.63, 3.8) is 0 Å². The van der Waals surface area contributed by atoms with Gasteiger partial charge in [0.05, 0.1) is 23.4 Å². The van der Waals surface area contributed by atoms with Gasteiger partial charge in [-0.15, -0.1) is 0 Å². The van der Waals surface area contributed by atoms with Crippen LogP contribution in [0.4, 0.5) is 21.9 Å². The molecule has 4 rings (SSSR count). The van der Waals surface area contributed by atoms with Crippen LogP contribution >= 0.6 is 0 Å². The molecule has 1 unspecified atom stereocenters. The van der Waals surface area contributed by atoms with E-state index in [0.29, 0.717) is 29.0 Å². The maximum atomic E-state index is 12.6. The van der Waals surface area contributed by atoms with Gasteiger partial charge in [-0.05, 0) is 36.8 Å². The van der Waals surface area contributed by atoms with Crippen LogP contribution in [0.25, 0.3) is 0 Å². The molecule has 2 atom stereocenters. The molecule has 0 spiro atoms. The van der Waals surface area contributed by atoms with E-state index in [1.54, 1.807) is 49.4 Å². The fourth-order valence-electron chi connectivity index (χ4n) is 3.63. The Morgan fingerprint density at radius 2 is 1.78 bits per heavy atom. The maximum Gasteiger partial charge on any atom is 0.329 e. The van der Waals surface area contributed by atoms with E-state index in [-0.39, 0.29) is 12.3 Å². The molecular formula is C22H21N5O5. The summed E-state index contributed by atoms with van der Waals surface area (Å²) >= 11 is 0. The Morgan fingerprint density at radius 3 is 2.53 bits per heavy atom. The Bertz CT molecular complexity index is 1130. The van der Waals surface area contributed by atoms with Gasteiger partial charge < -0.3 is 21.3 Å². The summed E-state index contributed by atoms with van der Waals surface area (Å²) < 4.78 is 0. The molecule has 1 saturated heterocycles. The molecule has 0 aromatic heterocycles. The Labute approximate surface area is 183 Å². The van der Waals surface area contributed by atoms with E-state index in [1.807, 2.05) is 0 Å². The molecule has 4 N–H and O–H groups in total. The Hall–Kier alpha value is -4.21. The maximum absolute atomic E-state index is 12.6. The summed E-state index contributed by atoms with van der Waals surface area (Å²) in [7, 11) is 0. The monoisotopic (exact) mass is 435 g/mol. The summed E-state index contributed by atoms with van der Waals surface area (Å²) in [6, 6.07) is 10.7. The molecule has 2 aliphatic heterocycles. The van der Waals surface area contributed by atoms with Gasteiger partial charge in [-0.3, -0.25) is 19.2 Å². The fraction of sp³-hybridized carbons (Fsp3) is 0.227. The second kappa shape index (κ2) is 8.50. The topological polar surface area (TPSA) is 137 Å².